The number of nitrogens with two attached hydrogens (primary N) is 1. The lowest BCUT2D eigenvalue weighted by atomic mass is 9.93. The standard InChI is InChI=1S/C30H41N7/c1-5-8-25-18-30-35(4)16-14-32-21(2)10-12-24-13-11-23(20-31)17-26(24)22(3)36-15-7-6-9-28(36)27-19-29(33-25)37(30)34-27/h11,13,17-19,28,32H,2-3,5-10,12,14-16,20,31H2,1,4H3/t28-/m0/s1. The van der Waals surface area contributed by atoms with Crippen LogP contribution < -0.4 is 16.0 Å². The Morgan fingerprint density at radius 3 is 2.78 bits per heavy atom. The summed E-state index contributed by atoms with van der Waals surface area (Å²) in [4.78, 5) is 9.74. The lowest BCUT2D eigenvalue weighted by molar-refractivity contribution is 0.226. The van der Waals surface area contributed by atoms with Gasteiger partial charge in [0.1, 0.15) is 5.82 Å². The number of likely N-dealkylation sites (N-methyl/N-ethyl adjacent to an activating group) is 1. The number of nitrogens with zero attached hydrogens (tertiary/aromatic N) is 5. The Hall–Kier alpha value is -3.32. The van der Waals surface area contributed by atoms with Crippen molar-refractivity contribution in [2.24, 2.45) is 5.73 Å². The fourth-order valence-electron chi connectivity index (χ4n) is 5.69. The van der Waals surface area contributed by atoms with Gasteiger partial charge in [-0.3, -0.25) is 0 Å². The van der Waals surface area contributed by atoms with Crippen LogP contribution in [0.4, 0.5) is 5.82 Å². The molecular weight excluding hydrogens is 458 g/mol. The molecule has 1 aromatic carbocycles. The summed E-state index contributed by atoms with van der Waals surface area (Å²) in [5.74, 6) is 1.08. The van der Waals surface area contributed by atoms with Crippen LogP contribution in [0.1, 0.15) is 73.1 Å². The Morgan fingerprint density at radius 2 is 1.97 bits per heavy atom. The first kappa shape index (κ1) is 25.3. The number of nitrogens with one attached hydrogen (secondary N) is 1. The van der Waals surface area contributed by atoms with Gasteiger partial charge in [0.05, 0.1) is 11.7 Å². The molecule has 2 bridgehead atoms. The maximum absolute atomic E-state index is 6.04. The van der Waals surface area contributed by atoms with Crippen LogP contribution in [-0.2, 0) is 19.4 Å². The molecule has 0 radical (unpaired) electrons. The zero-order chi connectivity index (χ0) is 25.9. The number of rotatable bonds is 3. The Kier molecular flexibility index (Phi) is 7.51. The number of piperidine rings is 1. The Bertz CT molecular complexity index is 1290. The van der Waals surface area contributed by atoms with Crippen LogP contribution in [0, 0.1) is 0 Å². The summed E-state index contributed by atoms with van der Waals surface area (Å²) in [6, 6.07) is 11.2. The van der Waals surface area contributed by atoms with Crippen molar-refractivity contribution in [2.75, 3.05) is 31.6 Å². The maximum Gasteiger partial charge on any atom is 0.157 e. The van der Waals surface area contributed by atoms with Gasteiger partial charge in [0, 0.05) is 68.0 Å². The molecule has 3 aromatic rings. The average Bonchev–Trinajstić information content (AvgIpc) is 3.34. The number of benzene rings is 1. The zero-order valence-electron chi connectivity index (χ0n) is 22.5. The van der Waals surface area contributed by atoms with Crippen molar-refractivity contribution in [3.8, 4) is 0 Å². The molecule has 3 N–H and O–H groups in total. The smallest absolute Gasteiger partial charge is 0.157 e. The van der Waals surface area contributed by atoms with Crippen molar-refractivity contribution in [2.45, 2.75) is 64.5 Å². The van der Waals surface area contributed by atoms with Crippen LogP contribution in [0.25, 0.3) is 11.3 Å². The molecule has 2 aliphatic heterocycles. The van der Waals surface area contributed by atoms with Crippen molar-refractivity contribution in [3.63, 3.8) is 0 Å². The summed E-state index contributed by atoms with van der Waals surface area (Å²) in [6.45, 7) is 14.3. The van der Waals surface area contributed by atoms with Gasteiger partial charge < -0.3 is 20.9 Å². The molecule has 1 atom stereocenters. The summed E-state index contributed by atoms with van der Waals surface area (Å²) in [5.41, 5.74) is 14.9. The van der Waals surface area contributed by atoms with E-state index in [-0.39, 0.29) is 6.04 Å². The molecule has 196 valence electrons. The molecule has 0 spiro atoms. The van der Waals surface area contributed by atoms with Gasteiger partial charge in [-0.15, -0.1) is 0 Å². The SMILES string of the molecule is C=C1CCc2ccc(CN)cc2C(=C)N2CCCC[C@H]2c2cc3nc(CCC)cc(n3n2)N(C)CCN1. The van der Waals surface area contributed by atoms with E-state index in [1.807, 2.05) is 4.52 Å². The molecular formula is C30H41N7. The summed E-state index contributed by atoms with van der Waals surface area (Å²) in [5, 5.41) is 8.71. The molecule has 5 rings (SSSR count). The van der Waals surface area contributed by atoms with E-state index in [1.165, 1.54) is 17.5 Å². The highest BCUT2D eigenvalue weighted by molar-refractivity contribution is 5.67. The molecule has 0 aliphatic carbocycles. The lowest BCUT2D eigenvalue weighted by Gasteiger charge is -2.38. The van der Waals surface area contributed by atoms with Crippen molar-refractivity contribution in [3.05, 3.63) is 77.3 Å². The third-order valence-corrected chi connectivity index (χ3v) is 7.81. The maximum atomic E-state index is 6.04. The summed E-state index contributed by atoms with van der Waals surface area (Å²) in [7, 11) is 2.14. The first-order valence-electron chi connectivity index (χ1n) is 13.8. The summed E-state index contributed by atoms with van der Waals surface area (Å²) < 4.78 is 2.03. The van der Waals surface area contributed by atoms with E-state index in [9.17, 15) is 0 Å². The van der Waals surface area contributed by atoms with Crippen LogP contribution in [-0.4, -0.2) is 46.2 Å². The van der Waals surface area contributed by atoms with E-state index >= 15 is 0 Å². The van der Waals surface area contributed by atoms with Crippen LogP contribution in [0.15, 0.2) is 49.2 Å². The van der Waals surface area contributed by atoms with Crippen LogP contribution in [0.5, 0.6) is 0 Å². The van der Waals surface area contributed by atoms with Gasteiger partial charge in [-0.25, -0.2) is 4.98 Å². The molecule has 1 fully saturated rings. The minimum absolute atomic E-state index is 0.176. The second kappa shape index (κ2) is 11.0. The molecule has 1 saturated heterocycles. The Balaban J connectivity index is 1.63. The lowest BCUT2D eigenvalue weighted by Crippen LogP contribution is -2.33. The van der Waals surface area contributed by atoms with Gasteiger partial charge >= 0.3 is 0 Å². The van der Waals surface area contributed by atoms with Gasteiger partial charge in [-0.2, -0.15) is 9.61 Å². The van der Waals surface area contributed by atoms with E-state index in [1.54, 1.807) is 0 Å². The van der Waals surface area contributed by atoms with E-state index in [0.717, 1.165) is 98.0 Å². The number of aryl methyl sites for hydroxylation is 2. The predicted octanol–water partition coefficient (Wildman–Crippen LogP) is 4.82. The number of anilines is 1. The van der Waals surface area contributed by atoms with Gasteiger partial charge in [-0.1, -0.05) is 38.6 Å². The van der Waals surface area contributed by atoms with E-state index < -0.39 is 0 Å². The Morgan fingerprint density at radius 1 is 1.11 bits per heavy atom. The van der Waals surface area contributed by atoms with Crippen molar-refractivity contribution in [1.82, 2.24) is 24.8 Å². The van der Waals surface area contributed by atoms with E-state index in [2.05, 4.69) is 72.6 Å². The van der Waals surface area contributed by atoms with Gasteiger partial charge in [0.15, 0.2) is 5.65 Å². The third-order valence-electron chi connectivity index (χ3n) is 7.81. The molecule has 0 unspecified atom stereocenters. The van der Waals surface area contributed by atoms with E-state index in [4.69, 9.17) is 15.8 Å². The highest BCUT2D eigenvalue weighted by Crippen LogP contribution is 2.38. The van der Waals surface area contributed by atoms with Crippen LogP contribution in [0.2, 0.25) is 0 Å². The minimum Gasteiger partial charge on any atom is -0.387 e. The van der Waals surface area contributed by atoms with Gasteiger partial charge in [0.25, 0.3) is 0 Å². The number of hydrogen-bond acceptors (Lipinski definition) is 6. The van der Waals surface area contributed by atoms with E-state index in [0.29, 0.717) is 6.54 Å². The second-order valence-corrected chi connectivity index (χ2v) is 10.5. The molecule has 4 heterocycles. The molecule has 2 aliphatic rings. The highest BCUT2D eigenvalue weighted by Gasteiger charge is 2.29. The monoisotopic (exact) mass is 499 g/mol. The second-order valence-electron chi connectivity index (χ2n) is 10.5. The van der Waals surface area contributed by atoms with Crippen molar-refractivity contribution in [1.29, 1.82) is 0 Å². The quantitative estimate of drug-likeness (QED) is 0.538. The molecule has 0 saturated carbocycles. The summed E-state index contributed by atoms with van der Waals surface area (Å²) in [6.07, 6.45) is 7.22. The average molecular weight is 500 g/mol. The molecule has 2 aromatic heterocycles. The van der Waals surface area contributed by atoms with Crippen molar-refractivity contribution >= 4 is 17.2 Å². The molecule has 0 amide bonds. The Labute approximate surface area is 221 Å². The predicted molar refractivity (Wildman–Crippen MR) is 152 cm³/mol. The molecule has 7 heteroatoms. The molecule has 7 nitrogen and oxygen atoms in total. The fourth-order valence-corrected chi connectivity index (χ4v) is 5.69. The molecule has 37 heavy (non-hydrogen) atoms. The topological polar surface area (TPSA) is 74.7 Å². The number of allylic oxidation sites excluding steroid dienone is 1. The van der Waals surface area contributed by atoms with Crippen LogP contribution >= 0.6 is 0 Å². The normalized spacial score (nSPS) is 19.2. The first-order valence-corrected chi connectivity index (χ1v) is 13.8. The zero-order valence-corrected chi connectivity index (χ0v) is 22.5. The fraction of sp³-hybridized carbons (Fsp3) is 0.467. The summed E-state index contributed by atoms with van der Waals surface area (Å²) >= 11 is 0. The van der Waals surface area contributed by atoms with Crippen LogP contribution in [0.3, 0.4) is 0 Å². The van der Waals surface area contributed by atoms with Gasteiger partial charge in [0.2, 0.25) is 0 Å². The highest BCUT2D eigenvalue weighted by atomic mass is 15.4. The van der Waals surface area contributed by atoms with Gasteiger partial charge in [-0.05, 0) is 55.7 Å². The largest absolute Gasteiger partial charge is 0.387 e. The first-order chi connectivity index (χ1) is 18.0. The third kappa shape index (κ3) is 5.23. The number of aromatic nitrogens is 3. The minimum atomic E-state index is 0.176. The number of fused-ring (bicyclic) bond motifs is 4. The van der Waals surface area contributed by atoms with Crippen molar-refractivity contribution < 1.29 is 0 Å². The number of hydrogen-bond donors (Lipinski definition) is 2.